The summed E-state index contributed by atoms with van der Waals surface area (Å²) in [7, 11) is 0. The molecule has 6 heteroatoms. The molecule has 4 nitrogen and oxygen atoms in total. The van der Waals surface area contributed by atoms with E-state index in [1.54, 1.807) is 36.5 Å². The Morgan fingerprint density at radius 3 is 2.89 bits per heavy atom. The van der Waals surface area contributed by atoms with Crippen molar-refractivity contribution in [1.82, 2.24) is 15.5 Å². The zero-order valence-corrected chi connectivity index (χ0v) is 11.6. The van der Waals surface area contributed by atoms with Crippen molar-refractivity contribution in [1.29, 1.82) is 0 Å². The van der Waals surface area contributed by atoms with E-state index in [1.807, 2.05) is 0 Å². The number of aromatic nitrogens is 2. The summed E-state index contributed by atoms with van der Waals surface area (Å²) in [6, 6.07) is 8.75. The Morgan fingerprint density at radius 2 is 2.17 bits per heavy atom. The first-order valence-corrected chi connectivity index (χ1v) is 6.34. The molecule has 0 aliphatic heterocycles. The molecule has 1 aromatic carbocycles. The summed E-state index contributed by atoms with van der Waals surface area (Å²) in [6.45, 7) is 0.315. The van der Waals surface area contributed by atoms with Crippen LogP contribution in [-0.4, -0.2) is 16.1 Å². The highest BCUT2D eigenvalue weighted by Crippen LogP contribution is 2.25. The number of benzene rings is 1. The molecule has 1 aromatic heterocycles. The summed E-state index contributed by atoms with van der Waals surface area (Å²) < 4.78 is 0.691. The van der Waals surface area contributed by atoms with Gasteiger partial charge in [0.2, 0.25) is 0 Å². The van der Waals surface area contributed by atoms with Crippen LogP contribution in [0.4, 0.5) is 0 Å². The van der Waals surface area contributed by atoms with E-state index in [0.29, 0.717) is 27.3 Å². The fourth-order valence-electron chi connectivity index (χ4n) is 1.37. The minimum absolute atomic E-state index is 0.244. The lowest BCUT2D eigenvalue weighted by atomic mass is 10.2. The van der Waals surface area contributed by atoms with E-state index in [1.165, 1.54) is 0 Å². The zero-order chi connectivity index (χ0) is 13.0. The predicted molar refractivity (Wildman–Crippen MR) is 72.4 cm³/mol. The molecule has 0 aliphatic rings. The fourth-order valence-corrected chi connectivity index (χ4v) is 1.95. The van der Waals surface area contributed by atoms with Gasteiger partial charge in [-0.15, -0.1) is 0 Å². The highest BCUT2D eigenvalue weighted by molar-refractivity contribution is 9.10. The molecule has 0 spiro atoms. The van der Waals surface area contributed by atoms with Crippen molar-refractivity contribution < 1.29 is 4.79 Å². The number of carbonyl (C=O) groups is 1. The van der Waals surface area contributed by atoms with Gasteiger partial charge >= 0.3 is 0 Å². The first kappa shape index (κ1) is 13.0. The topological polar surface area (TPSA) is 54.9 Å². The molecule has 0 atom stereocenters. The average Bonchev–Trinajstić information content (AvgIpc) is 2.40. The molecule has 1 amide bonds. The number of hydrogen-bond acceptors (Lipinski definition) is 3. The minimum Gasteiger partial charge on any atom is -0.346 e. The van der Waals surface area contributed by atoms with Crippen LogP contribution in [0.25, 0.3) is 0 Å². The molecule has 1 heterocycles. The van der Waals surface area contributed by atoms with Gasteiger partial charge in [0, 0.05) is 10.7 Å². The van der Waals surface area contributed by atoms with Crippen molar-refractivity contribution >= 4 is 33.4 Å². The van der Waals surface area contributed by atoms with Crippen LogP contribution in [0, 0.1) is 0 Å². The second-order valence-electron chi connectivity index (χ2n) is 3.50. The minimum atomic E-state index is -0.244. The van der Waals surface area contributed by atoms with Gasteiger partial charge < -0.3 is 5.32 Å². The first-order chi connectivity index (χ1) is 8.68. The predicted octanol–water partition coefficient (Wildman–Crippen LogP) is 2.82. The number of nitrogens with zero attached hydrogens (tertiary/aromatic N) is 2. The largest absolute Gasteiger partial charge is 0.346 e. The second kappa shape index (κ2) is 5.93. The number of rotatable bonds is 3. The van der Waals surface area contributed by atoms with Gasteiger partial charge in [-0.05, 0) is 40.2 Å². The maximum atomic E-state index is 11.9. The van der Waals surface area contributed by atoms with Crippen molar-refractivity contribution in [3.05, 3.63) is 57.3 Å². The Bertz CT molecular complexity index is 563. The Labute approximate surface area is 118 Å². The lowest BCUT2D eigenvalue weighted by Crippen LogP contribution is -2.23. The van der Waals surface area contributed by atoms with Gasteiger partial charge in [-0.1, -0.05) is 17.7 Å². The molecule has 0 bridgehead atoms. The SMILES string of the molecule is O=C(NCc1cccnn1)c1cccc(Br)c1Cl. The van der Waals surface area contributed by atoms with E-state index in [2.05, 4.69) is 31.4 Å². The molecular weight excluding hydrogens is 318 g/mol. The van der Waals surface area contributed by atoms with E-state index in [0.717, 1.165) is 0 Å². The lowest BCUT2D eigenvalue weighted by molar-refractivity contribution is 0.0950. The van der Waals surface area contributed by atoms with Crippen LogP contribution in [0.15, 0.2) is 41.0 Å². The van der Waals surface area contributed by atoms with E-state index in [4.69, 9.17) is 11.6 Å². The summed E-state index contributed by atoms with van der Waals surface area (Å²) in [5.41, 5.74) is 1.12. The van der Waals surface area contributed by atoms with Gasteiger partial charge in [-0.2, -0.15) is 10.2 Å². The van der Waals surface area contributed by atoms with Gasteiger partial charge in [0.1, 0.15) is 0 Å². The summed E-state index contributed by atoms with van der Waals surface area (Å²) in [5, 5.41) is 10.7. The Kier molecular flexibility index (Phi) is 4.28. The summed E-state index contributed by atoms with van der Waals surface area (Å²) in [4.78, 5) is 11.9. The van der Waals surface area contributed by atoms with Crippen LogP contribution in [0.5, 0.6) is 0 Å². The Balaban J connectivity index is 2.07. The van der Waals surface area contributed by atoms with Gasteiger partial charge in [0.05, 0.1) is 22.8 Å². The highest BCUT2D eigenvalue weighted by atomic mass is 79.9. The van der Waals surface area contributed by atoms with Crippen molar-refractivity contribution in [2.75, 3.05) is 0 Å². The van der Waals surface area contributed by atoms with Crippen molar-refractivity contribution in [2.45, 2.75) is 6.54 Å². The van der Waals surface area contributed by atoms with Crippen LogP contribution in [0.1, 0.15) is 16.1 Å². The van der Waals surface area contributed by atoms with Crippen LogP contribution in [0.3, 0.4) is 0 Å². The Hall–Kier alpha value is -1.46. The molecule has 92 valence electrons. The van der Waals surface area contributed by atoms with E-state index in [-0.39, 0.29) is 5.91 Å². The maximum Gasteiger partial charge on any atom is 0.253 e. The van der Waals surface area contributed by atoms with Gasteiger partial charge in [-0.25, -0.2) is 0 Å². The van der Waals surface area contributed by atoms with Gasteiger partial charge in [0.15, 0.2) is 0 Å². The molecule has 0 unspecified atom stereocenters. The standard InChI is InChI=1S/C12H9BrClN3O/c13-10-5-1-4-9(11(10)14)12(18)15-7-8-3-2-6-16-17-8/h1-6H,7H2,(H,15,18). The van der Waals surface area contributed by atoms with Crippen molar-refractivity contribution in [2.24, 2.45) is 0 Å². The molecule has 2 aromatic rings. The number of hydrogen-bond donors (Lipinski definition) is 1. The van der Waals surface area contributed by atoms with Crippen molar-refractivity contribution in [3.63, 3.8) is 0 Å². The monoisotopic (exact) mass is 325 g/mol. The summed E-state index contributed by atoms with van der Waals surface area (Å²) >= 11 is 9.31. The van der Waals surface area contributed by atoms with E-state index >= 15 is 0 Å². The molecule has 0 fully saturated rings. The molecule has 0 radical (unpaired) electrons. The third-order valence-corrected chi connectivity index (χ3v) is 3.55. The highest BCUT2D eigenvalue weighted by Gasteiger charge is 2.11. The number of nitrogens with one attached hydrogen (secondary N) is 1. The molecule has 2 rings (SSSR count). The van der Waals surface area contributed by atoms with E-state index in [9.17, 15) is 4.79 Å². The third kappa shape index (κ3) is 3.05. The quantitative estimate of drug-likeness (QED) is 0.943. The van der Waals surface area contributed by atoms with Gasteiger partial charge in [0.25, 0.3) is 5.91 Å². The Morgan fingerprint density at radius 1 is 1.33 bits per heavy atom. The average molecular weight is 327 g/mol. The lowest BCUT2D eigenvalue weighted by Gasteiger charge is -2.06. The van der Waals surface area contributed by atoms with E-state index < -0.39 is 0 Å². The molecular formula is C12H9BrClN3O. The smallest absolute Gasteiger partial charge is 0.253 e. The fraction of sp³-hybridized carbons (Fsp3) is 0.0833. The molecule has 18 heavy (non-hydrogen) atoms. The molecule has 0 saturated carbocycles. The van der Waals surface area contributed by atoms with Crippen LogP contribution in [0.2, 0.25) is 5.02 Å². The maximum absolute atomic E-state index is 11.9. The number of carbonyl (C=O) groups excluding carboxylic acids is 1. The molecule has 0 aliphatic carbocycles. The normalized spacial score (nSPS) is 10.1. The third-order valence-electron chi connectivity index (χ3n) is 2.25. The summed E-state index contributed by atoms with van der Waals surface area (Å²) in [6.07, 6.45) is 1.58. The molecule has 0 saturated heterocycles. The van der Waals surface area contributed by atoms with Crippen LogP contribution in [-0.2, 0) is 6.54 Å². The van der Waals surface area contributed by atoms with Gasteiger partial charge in [-0.3, -0.25) is 4.79 Å². The zero-order valence-electron chi connectivity index (χ0n) is 9.23. The number of halogens is 2. The molecule has 1 N–H and O–H groups in total. The van der Waals surface area contributed by atoms with Crippen molar-refractivity contribution in [3.8, 4) is 0 Å². The number of amides is 1. The van der Waals surface area contributed by atoms with Crippen LogP contribution >= 0.6 is 27.5 Å². The first-order valence-electron chi connectivity index (χ1n) is 5.17. The summed E-state index contributed by atoms with van der Waals surface area (Å²) in [5.74, 6) is -0.244. The second-order valence-corrected chi connectivity index (χ2v) is 4.73. The van der Waals surface area contributed by atoms with Crippen LogP contribution < -0.4 is 5.32 Å².